The summed E-state index contributed by atoms with van der Waals surface area (Å²) >= 11 is 0. The van der Waals surface area contributed by atoms with Crippen molar-refractivity contribution in [2.45, 2.75) is 0 Å². The van der Waals surface area contributed by atoms with Crippen molar-refractivity contribution in [3.05, 3.63) is 24.3 Å². The maximum atomic E-state index is 5.69. The Morgan fingerprint density at radius 3 is 2.67 bits per heavy atom. The van der Waals surface area contributed by atoms with Crippen molar-refractivity contribution >= 4 is 16.7 Å². The molecule has 0 aliphatic rings. The molecule has 2 rings (SSSR count). The number of nitrogens with two attached hydrogens (primary N) is 1. The van der Waals surface area contributed by atoms with Crippen LogP contribution >= 0.6 is 0 Å². The van der Waals surface area contributed by atoms with E-state index < -0.39 is 0 Å². The molecule has 0 saturated heterocycles. The van der Waals surface area contributed by atoms with Crippen molar-refractivity contribution < 1.29 is 4.74 Å². The molecule has 1 aromatic heterocycles. The van der Waals surface area contributed by atoms with Crippen molar-refractivity contribution in [2.24, 2.45) is 5.84 Å². The fourth-order valence-electron chi connectivity index (χ4n) is 1.40. The number of nitrogens with zero attached hydrogens (tertiary/aromatic N) is 3. The third-order valence-electron chi connectivity index (χ3n) is 2.08. The molecular weight excluding hydrogens is 192 g/mol. The van der Waals surface area contributed by atoms with E-state index in [4.69, 9.17) is 10.6 Å². The fraction of sp³-hybridized carbons (Fsp3) is 0.200. The molecule has 0 aliphatic carbocycles. The van der Waals surface area contributed by atoms with Gasteiger partial charge in [0.1, 0.15) is 0 Å². The van der Waals surface area contributed by atoms with Gasteiger partial charge in [-0.05, 0) is 12.1 Å². The van der Waals surface area contributed by atoms with E-state index in [-0.39, 0.29) is 0 Å². The van der Waals surface area contributed by atoms with Crippen molar-refractivity contribution in [3.8, 4) is 6.01 Å². The van der Waals surface area contributed by atoms with E-state index >= 15 is 0 Å². The van der Waals surface area contributed by atoms with E-state index in [0.29, 0.717) is 11.8 Å². The second kappa shape index (κ2) is 3.70. The van der Waals surface area contributed by atoms with Gasteiger partial charge in [0.25, 0.3) is 0 Å². The van der Waals surface area contributed by atoms with Gasteiger partial charge < -0.3 is 4.74 Å². The summed E-state index contributed by atoms with van der Waals surface area (Å²) in [6.45, 7) is 0. The van der Waals surface area contributed by atoms with Crippen LogP contribution in [0.3, 0.4) is 0 Å². The number of aromatic nitrogens is 2. The highest BCUT2D eigenvalue weighted by Gasteiger charge is 2.08. The molecule has 0 bridgehead atoms. The number of para-hydroxylation sites is 1. The molecule has 5 heteroatoms. The average Bonchev–Trinajstić information content (AvgIpc) is 2.27. The van der Waals surface area contributed by atoms with E-state index in [0.717, 1.165) is 10.9 Å². The number of hydrogen-bond acceptors (Lipinski definition) is 5. The lowest BCUT2D eigenvalue weighted by atomic mass is 10.2. The lowest BCUT2D eigenvalue weighted by Crippen LogP contribution is -2.26. The topological polar surface area (TPSA) is 64.3 Å². The number of methoxy groups -OCH3 is 1. The first kappa shape index (κ1) is 9.67. The number of hydrogen-bond donors (Lipinski definition) is 1. The normalized spacial score (nSPS) is 10.3. The molecular formula is C10H12N4O. The SMILES string of the molecule is COc1nc(N(C)N)c2ccccc2n1. The summed E-state index contributed by atoms with van der Waals surface area (Å²) in [5, 5.41) is 2.36. The zero-order valence-corrected chi connectivity index (χ0v) is 8.64. The van der Waals surface area contributed by atoms with Crippen LogP contribution in [-0.4, -0.2) is 24.1 Å². The third kappa shape index (κ3) is 1.69. The van der Waals surface area contributed by atoms with Gasteiger partial charge in [-0.2, -0.15) is 9.97 Å². The average molecular weight is 204 g/mol. The highest BCUT2D eigenvalue weighted by molar-refractivity contribution is 5.89. The summed E-state index contributed by atoms with van der Waals surface area (Å²) < 4.78 is 5.01. The van der Waals surface area contributed by atoms with Gasteiger partial charge >= 0.3 is 6.01 Å². The molecule has 0 amide bonds. The van der Waals surface area contributed by atoms with Crippen LogP contribution < -0.4 is 15.6 Å². The summed E-state index contributed by atoms with van der Waals surface area (Å²) in [6.07, 6.45) is 0. The van der Waals surface area contributed by atoms with Crippen molar-refractivity contribution in [2.75, 3.05) is 19.2 Å². The molecule has 15 heavy (non-hydrogen) atoms. The molecule has 2 N–H and O–H groups in total. The van der Waals surface area contributed by atoms with Gasteiger partial charge in [-0.3, -0.25) is 5.01 Å². The molecule has 1 aromatic carbocycles. The molecule has 0 radical (unpaired) electrons. The second-order valence-electron chi connectivity index (χ2n) is 3.16. The summed E-state index contributed by atoms with van der Waals surface area (Å²) in [7, 11) is 3.26. The monoisotopic (exact) mass is 204 g/mol. The first-order valence-corrected chi connectivity index (χ1v) is 4.51. The lowest BCUT2D eigenvalue weighted by Gasteiger charge is -2.13. The molecule has 0 atom stereocenters. The van der Waals surface area contributed by atoms with Crippen molar-refractivity contribution in [3.63, 3.8) is 0 Å². The van der Waals surface area contributed by atoms with Gasteiger partial charge in [0, 0.05) is 12.4 Å². The van der Waals surface area contributed by atoms with Crippen LogP contribution in [0.15, 0.2) is 24.3 Å². The number of rotatable bonds is 2. The molecule has 0 fully saturated rings. The Hall–Kier alpha value is -1.88. The van der Waals surface area contributed by atoms with Gasteiger partial charge in [0.2, 0.25) is 0 Å². The van der Waals surface area contributed by atoms with Crippen LogP contribution in [0.2, 0.25) is 0 Å². The zero-order chi connectivity index (χ0) is 10.8. The number of fused-ring (bicyclic) bond motifs is 1. The molecule has 5 nitrogen and oxygen atoms in total. The van der Waals surface area contributed by atoms with Gasteiger partial charge in [0.05, 0.1) is 12.6 Å². The molecule has 0 aliphatic heterocycles. The summed E-state index contributed by atoms with van der Waals surface area (Å²) in [5.41, 5.74) is 0.816. The van der Waals surface area contributed by atoms with E-state index in [1.807, 2.05) is 24.3 Å². The Labute approximate surface area is 87.5 Å². The van der Waals surface area contributed by atoms with Gasteiger partial charge in [-0.25, -0.2) is 5.84 Å². The predicted octanol–water partition coefficient (Wildman–Crippen LogP) is 0.948. The fourth-order valence-corrected chi connectivity index (χ4v) is 1.40. The predicted molar refractivity (Wildman–Crippen MR) is 58.7 cm³/mol. The molecule has 0 unspecified atom stereocenters. The molecule has 2 aromatic rings. The van der Waals surface area contributed by atoms with Crippen molar-refractivity contribution in [1.29, 1.82) is 0 Å². The van der Waals surface area contributed by atoms with Gasteiger partial charge in [-0.15, -0.1) is 0 Å². The summed E-state index contributed by atoms with van der Waals surface area (Å²) in [4.78, 5) is 8.41. The van der Waals surface area contributed by atoms with Gasteiger partial charge in [-0.1, -0.05) is 12.1 Å². The molecule has 0 saturated carbocycles. The third-order valence-corrected chi connectivity index (χ3v) is 2.08. The van der Waals surface area contributed by atoms with Gasteiger partial charge in [0.15, 0.2) is 5.82 Å². The van der Waals surface area contributed by atoms with E-state index in [9.17, 15) is 0 Å². The number of anilines is 1. The molecule has 0 spiro atoms. The Bertz CT molecular complexity index is 484. The maximum absolute atomic E-state index is 5.69. The molecule has 1 heterocycles. The molecule has 78 valence electrons. The largest absolute Gasteiger partial charge is 0.467 e. The smallest absolute Gasteiger partial charge is 0.318 e. The maximum Gasteiger partial charge on any atom is 0.318 e. The van der Waals surface area contributed by atoms with E-state index in [1.54, 1.807) is 7.05 Å². The van der Waals surface area contributed by atoms with Crippen LogP contribution in [0.1, 0.15) is 0 Å². The quantitative estimate of drug-likeness (QED) is 0.582. The van der Waals surface area contributed by atoms with Crippen LogP contribution in [0.5, 0.6) is 6.01 Å². The number of ether oxygens (including phenoxy) is 1. The second-order valence-corrected chi connectivity index (χ2v) is 3.16. The van der Waals surface area contributed by atoms with Crippen LogP contribution in [0.25, 0.3) is 10.9 Å². The van der Waals surface area contributed by atoms with E-state index in [1.165, 1.54) is 12.1 Å². The minimum atomic E-state index is 0.320. The van der Waals surface area contributed by atoms with Crippen molar-refractivity contribution in [1.82, 2.24) is 9.97 Å². The Morgan fingerprint density at radius 2 is 2.00 bits per heavy atom. The number of benzene rings is 1. The first-order chi connectivity index (χ1) is 7.22. The standard InChI is InChI=1S/C10H12N4O/c1-14(11)9-7-5-3-4-6-8(7)12-10(13-9)15-2/h3-6H,11H2,1-2H3. The van der Waals surface area contributed by atoms with Crippen LogP contribution in [-0.2, 0) is 0 Å². The zero-order valence-electron chi connectivity index (χ0n) is 8.64. The van der Waals surface area contributed by atoms with Crippen LogP contribution in [0.4, 0.5) is 5.82 Å². The lowest BCUT2D eigenvalue weighted by molar-refractivity contribution is 0.382. The number of hydrazine groups is 1. The highest BCUT2D eigenvalue weighted by atomic mass is 16.5. The Balaban J connectivity index is 2.74. The highest BCUT2D eigenvalue weighted by Crippen LogP contribution is 2.23. The minimum absolute atomic E-state index is 0.320. The minimum Gasteiger partial charge on any atom is -0.467 e. The Kier molecular flexibility index (Phi) is 2.39. The summed E-state index contributed by atoms with van der Waals surface area (Å²) in [6, 6.07) is 7.97. The van der Waals surface area contributed by atoms with E-state index in [2.05, 4.69) is 9.97 Å². The summed E-state index contributed by atoms with van der Waals surface area (Å²) in [5.74, 6) is 6.34. The Morgan fingerprint density at radius 1 is 1.27 bits per heavy atom. The van der Waals surface area contributed by atoms with Crippen LogP contribution in [0, 0.1) is 0 Å². The first-order valence-electron chi connectivity index (χ1n) is 4.51.